The summed E-state index contributed by atoms with van der Waals surface area (Å²) in [6, 6.07) is -0.861. The number of aromatic amines is 2. The fourth-order valence-corrected chi connectivity index (χ4v) is 3.74. The van der Waals surface area contributed by atoms with Gasteiger partial charge in [0, 0.05) is 19.3 Å². The van der Waals surface area contributed by atoms with E-state index in [9.17, 15) is 22.8 Å². The Labute approximate surface area is 114 Å². The number of hydrogen-bond acceptors (Lipinski definition) is 5. The zero-order valence-electron chi connectivity index (χ0n) is 10.7. The molecule has 0 saturated carbocycles. The Hall–Kier alpha value is -1.94. The number of nitrogens with one attached hydrogen (secondary N) is 3. The molecule has 110 valence electrons. The molecule has 1 saturated heterocycles. The van der Waals surface area contributed by atoms with Crippen molar-refractivity contribution in [3.63, 3.8) is 0 Å². The van der Waals surface area contributed by atoms with Crippen LogP contribution in [-0.2, 0) is 14.8 Å². The van der Waals surface area contributed by atoms with Crippen molar-refractivity contribution in [1.82, 2.24) is 19.6 Å². The Morgan fingerprint density at radius 2 is 2.05 bits per heavy atom. The fraction of sp³-hybridized carbons (Fsp3) is 0.500. The average Bonchev–Trinajstić information content (AvgIpc) is 2.37. The number of carbonyl (C=O) groups is 1. The van der Waals surface area contributed by atoms with Gasteiger partial charge in [0.25, 0.3) is 15.6 Å². The van der Waals surface area contributed by atoms with Crippen LogP contribution in [0.1, 0.15) is 13.3 Å². The van der Waals surface area contributed by atoms with E-state index in [4.69, 9.17) is 0 Å². The minimum atomic E-state index is -4.15. The minimum Gasteiger partial charge on any atom is -0.353 e. The van der Waals surface area contributed by atoms with Gasteiger partial charge in [0.05, 0.1) is 0 Å². The number of aromatic nitrogens is 2. The van der Waals surface area contributed by atoms with Gasteiger partial charge in [-0.1, -0.05) is 6.92 Å². The van der Waals surface area contributed by atoms with Crippen LogP contribution in [0.5, 0.6) is 0 Å². The second-order valence-corrected chi connectivity index (χ2v) is 6.13. The Morgan fingerprint density at radius 3 is 2.65 bits per heavy atom. The molecule has 1 aromatic rings. The van der Waals surface area contributed by atoms with Gasteiger partial charge in [0.15, 0.2) is 4.90 Å². The van der Waals surface area contributed by atoms with Crippen molar-refractivity contribution in [3.05, 3.63) is 27.0 Å². The van der Waals surface area contributed by atoms with Crippen LogP contribution < -0.4 is 16.6 Å². The van der Waals surface area contributed by atoms with Gasteiger partial charge in [-0.2, -0.15) is 4.31 Å². The van der Waals surface area contributed by atoms with Crippen LogP contribution in [0, 0.1) is 0 Å². The summed E-state index contributed by atoms with van der Waals surface area (Å²) in [5, 5.41) is 2.57. The molecule has 1 fully saturated rings. The Kier molecular flexibility index (Phi) is 3.77. The summed E-state index contributed by atoms with van der Waals surface area (Å²) in [4.78, 5) is 37.6. The van der Waals surface area contributed by atoms with Gasteiger partial charge in [-0.25, -0.2) is 13.2 Å². The molecule has 1 aliphatic heterocycles. The molecule has 2 heterocycles. The van der Waals surface area contributed by atoms with Gasteiger partial charge >= 0.3 is 5.69 Å². The Balaban J connectivity index is 2.51. The van der Waals surface area contributed by atoms with Crippen LogP contribution in [0.25, 0.3) is 0 Å². The third-order valence-corrected chi connectivity index (χ3v) is 4.95. The number of rotatable bonds is 3. The largest absolute Gasteiger partial charge is 0.353 e. The van der Waals surface area contributed by atoms with Crippen LogP contribution in [0.15, 0.2) is 20.7 Å². The molecule has 10 heteroatoms. The molecule has 1 aromatic heterocycles. The van der Waals surface area contributed by atoms with E-state index in [-0.39, 0.29) is 19.5 Å². The van der Waals surface area contributed by atoms with E-state index < -0.39 is 38.1 Å². The van der Waals surface area contributed by atoms with Crippen molar-refractivity contribution in [2.75, 3.05) is 13.1 Å². The lowest BCUT2D eigenvalue weighted by molar-refractivity contribution is -0.126. The molecule has 3 N–H and O–H groups in total. The highest BCUT2D eigenvalue weighted by Crippen LogP contribution is 2.18. The Bertz CT molecular complexity index is 735. The van der Waals surface area contributed by atoms with E-state index >= 15 is 0 Å². The fourth-order valence-electron chi connectivity index (χ4n) is 2.09. The molecule has 9 nitrogen and oxygen atoms in total. The maximum absolute atomic E-state index is 12.4. The maximum atomic E-state index is 12.4. The van der Waals surface area contributed by atoms with Crippen molar-refractivity contribution in [2.24, 2.45) is 0 Å². The van der Waals surface area contributed by atoms with Crippen molar-refractivity contribution >= 4 is 15.9 Å². The van der Waals surface area contributed by atoms with Gasteiger partial charge in [0.1, 0.15) is 6.04 Å². The number of piperazine rings is 1. The monoisotopic (exact) mass is 302 g/mol. The summed E-state index contributed by atoms with van der Waals surface area (Å²) in [6.07, 6.45) is 1.13. The van der Waals surface area contributed by atoms with Crippen molar-refractivity contribution < 1.29 is 13.2 Å². The maximum Gasteiger partial charge on any atom is 0.325 e. The SMILES string of the molecule is CCC1C(=O)NCCN1S(=O)(=O)c1c[nH]c(=O)[nH]c1=O. The lowest BCUT2D eigenvalue weighted by Crippen LogP contribution is -2.57. The molecule has 1 atom stereocenters. The van der Waals surface area contributed by atoms with Gasteiger partial charge in [-0.15, -0.1) is 0 Å². The van der Waals surface area contributed by atoms with E-state index in [1.54, 1.807) is 6.92 Å². The zero-order chi connectivity index (χ0) is 14.9. The summed E-state index contributed by atoms with van der Waals surface area (Å²) in [6.45, 7) is 1.93. The number of amides is 1. The first kappa shape index (κ1) is 14.5. The zero-order valence-corrected chi connectivity index (χ0v) is 11.5. The summed E-state index contributed by atoms with van der Waals surface area (Å²) >= 11 is 0. The van der Waals surface area contributed by atoms with Crippen LogP contribution in [0.4, 0.5) is 0 Å². The highest BCUT2D eigenvalue weighted by molar-refractivity contribution is 7.89. The molecule has 0 radical (unpaired) electrons. The normalized spacial score (nSPS) is 20.6. The number of sulfonamides is 1. The second kappa shape index (κ2) is 5.21. The average molecular weight is 302 g/mol. The first-order valence-corrected chi connectivity index (χ1v) is 7.43. The molecule has 0 aromatic carbocycles. The first-order chi connectivity index (χ1) is 9.37. The lowest BCUT2D eigenvalue weighted by Gasteiger charge is -2.33. The highest BCUT2D eigenvalue weighted by atomic mass is 32.2. The van der Waals surface area contributed by atoms with E-state index in [2.05, 4.69) is 10.3 Å². The quantitative estimate of drug-likeness (QED) is 0.592. The summed E-state index contributed by atoms with van der Waals surface area (Å²) in [5.74, 6) is -0.400. The molecule has 1 unspecified atom stereocenters. The number of carbonyl (C=O) groups excluding carboxylic acids is 1. The smallest absolute Gasteiger partial charge is 0.325 e. The predicted octanol–water partition coefficient (Wildman–Crippen LogP) is -2.04. The summed E-state index contributed by atoms with van der Waals surface area (Å²) in [7, 11) is -4.15. The first-order valence-electron chi connectivity index (χ1n) is 5.99. The van der Waals surface area contributed by atoms with Gasteiger partial charge in [0.2, 0.25) is 5.91 Å². The molecule has 20 heavy (non-hydrogen) atoms. The number of hydrogen-bond donors (Lipinski definition) is 3. The van der Waals surface area contributed by atoms with E-state index in [1.165, 1.54) is 0 Å². The van der Waals surface area contributed by atoms with Crippen LogP contribution in [-0.4, -0.2) is 47.7 Å². The van der Waals surface area contributed by atoms with Gasteiger partial charge < -0.3 is 10.3 Å². The Morgan fingerprint density at radius 1 is 1.35 bits per heavy atom. The minimum absolute atomic E-state index is 0.0746. The molecular weight excluding hydrogens is 288 g/mol. The van der Waals surface area contributed by atoms with E-state index in [0.29, 0.717) is 0 Å². The van der Waals surface area contributed by atoms with E-state index in [1.807, 2.05) is 4.98 Å². The van der Waals surface area contributed by atoms with Crippen molar-refractivity contribution in [3.8, 4) is 0 Å². The number of nitrogens with zero attached hydrogens (tertiary/aromatic N) is 1. The van der Waals surface area contributed by atoms with Gasteiger partial charge in [-0.3, -0.25) is 14.6 Å². The van der Waals surface area contributed by atoms with Gasteiger partial charge in [-0.05, 0) is 6.42 Å². The molecule has 1 amide bonds. The molecule has 0 aliphatic carbocycles. The molecule has 0 spiro atoms. The molecule has 0 bridgehead atoms. The summed E-state index contributed by atoms with van der Waals surface area (Å²) < 4.78 is 25.9. The molecule has 1 aliphatic rings. The third-order valence-electron chi connectivity index (χ3n) is 3.04. The van der Waals surface area contributed by atoms with Crippen LogP contribution >= 0.6 is 0 Å². The van der Waals surface area contributed by atoms with Crippen LogP contribution in [0.3, 0.4) is 0 Å². The standard InChI is InChI=1S/C10H14N4O5S/c1-2-6-8(15)11-3-4-14(6)20(18,19)7-5-12-10(17)13-9(7)16/h5-6H,2-4H2,1H3,(H,11,15)(H2,12,13,16,17). The predicted molar refractivity (Wildman–Crippen MR) is 68.7 cm³/mol. The second-order valence-electron chi connectivity index (χ2n) is 4.27. The van der Waals surface area contributed by atoms with Crippen LogP contribution in [0.2, 0.25) is 0 Å². The summed E-state index contributed by atoms with van der Waals surface area (Å²) in [5.41, 5.74) is -1.80. The molecule has 2 rings (SSSR count). The topological polar surface area (TPSA) is 132 Å². The third kappa shape index (κ3) is 2.39. The highest BCUT2D eigenvalue weighted by Gasteiger charge is 2.38. The lowest BCUT2D eigenvalue weighted by atomic mass is 10.2. The van der Waals surface area contributed by atoms with E-state index in [0.717, 1.165) is 10.5 Å². The number of H-pyrrole nitrogens is 2. The van der Waals surface area contributed by atoms with Crippen molar-refractivity contribution in [2.45, 2.75) is 24.3 Å². The van der Waals surface area contributed by atoms with Crippen molar-refractivity contribution in [1.29, 1.82) is 0 Å². The molecular formula is C10H14N4O5S.